The number of aliphatic hydroxyl groups excluding tert-OH is 1. The number of carbonyl (C=O) groups excluding carboxylic acids is 2. The molecule has 2 unspecified atom stereocenters. The summed E-state index contributed by atoms with van der Waals surface area (Å²) in [5.41, 5.74) is -0.791. The van der Waals surface area contributed by atoms with Crippen molar-refractivity contribution in [3.63, 3.8) is 0 Å². The molecule has 1 aromatic rings. The quantitative estimate of drug-likeness (QED) is 0.515. The number of para-hydroxylation sites is 1. The van der Waals surface area contributed by atoms with E-state index < -0.39 is 53.4 Å². The summed E-state index contributed by atoms with van der Waals surface area (Å²) >= 11 is 6.42. The van der Waals surface area contributed by atoms with Crippen molar-refractivity contribution >= 4 is 35.1 Å². The summed E-state index contributed by atoms with van der Waals surface area (Å²) < 4.78 is 6.25. The largest absolute Gasteiger partial charge is 0.481 e. The van der Waals surface area contributed by atoms with E-state index in [1.165, 1.54) is 9.80 Å². The molecular weight excluding hydrogens is 460 g/mol. The standard InChI is InChI=1S/C25H31ClN2O6/c1-4-11-27(17-8-6-5-7-16(17)26)23(31)21-25-10-9-18(34-25)19(24(32)33)20(25)22(30)28(21)15(13-29)12-14(2)3/h4-8,14-15,18-21,29H,1,9-13H2,2-3H3,(H,32,33)/t15-,18+,19-,20+,21?,25?/m1/s1. The summed E-state index contributed by atoms with van der Waals surface area (Å²) in [4.78, 5) is 43.1. The minimum Gasteiger partial charge on any atom is -0.481 e. The number of anilines is 1. The highest BCUT2D eigenvalue weighted by molar-refractivity contribution is 6.34. The Morgan fingerprint density at radius 3 is 2.68 bits per heavy atom. The van der Waals surface area contributed by atoms with Crippen LogP contribution in [0, 0.1) is 17.8 Å². The van der Waals surface area contributed by atoms with Crippen LogP contribution < -0.4 is 4.90 Å². The summed E-state index contributed by atoms with van der Waals surface area (Å²) in [5, 5.41) is 20.5. The van der Waals surface area contributed by atoms with Gasteiger partial charge in [0.05, 0.1) is 41.3 Å². The lowest BCUT2D eigenvalue weighted by atomic mass is 9.70. The van der Waals surface area contributed by atoms with Crippen LogP contribution in [0.2, 0.25) is 5.02 Å². The van der Waals surface area contributed by atoms with Gasteiger partial charge in [0.2, 0.25) is 5.91 Å². The summed E-state index contributed by atoms with van der Waals surface area (Å²) in [6, 6.07) is 5.18. The number of carbonyl (C=O) groups is 3. The van der Waals surface area contributed by atoms with Crippen LogP contribution in [0.5, 0.6) is 0 Å². The van der Waals surface area contributed by atoms with Gasteiger partial charge in [0, 0.05) is 6.54 Å². The maximum absolute atomic E-state index is 14.3. The van der Waals surface area contributed by atoms with Gasteiger partial charge < -0.3 is 24.7 Å². The van der Waals surface area contributed by atoms with Crippen LogP contribution in [0.15, 0.2) is 36.9 Å². The van der Waals surface area contributed by atoms with Crippen LogP contribution in [-0.2, 0) is 19.1 Å². The summed E-state index contributed by atoms with van der Waals surface area (Å²) in [7, 11) is 0. The first kappa shape index (κ1) is 24.7. The maximum atomic E-state index is 14.3. The highest BCUT2D eigenvalue weighted by atomic mass is 35.5. The van der Waals surface area contributed by atoms with E-state index in [1.54, 1.807) is 30.3 Å². The molecule has 4 rings (SSSR count). The molecule has 1 spiro atoms. The fraction of sp³-hybridized carbons (Fsp3) is 0.560. The number of nitrogens with zero attached hydrogens (tertiary/aromatic N) is 2. The molecule has 1 aromatic carbocycles. The van der Waals surface area contributed by atoms with Crippen molar-refractivity contribution < 1.29 is 29.3 Å². The fourth-order valence-corrected chi connectivity index (χ4v) is 6.36. The third-order valence-corrected chi connectivity index (χ3v) is 7.65. The zero-order valence-corrected chi connectivity index (χ0v) is 20.1. The number of likely N-dealkylation sites (tertiary alicyclic amines) is 1. The van der Waals surface area contributed by atoms with E-state index in [4.69, 9.17) is 16.3 Å². The van der Waals surface area contributed by atoms with Gasteiger partial charge >= 0.3 is 5.97 Å². The monoisotopic (exact) mass is 490 g/mol. The molecule has 0 aliphatic carbocycles. The van der Waals surface area contributed by atoms with Gasteiger partial charge in [0.1, 0.15) is 11.6 Å². The van der Waals surface area contributed by atoms with Gasteiger partial charge in [-0.05, 0) is 37.3 Å². The molecule has 3 aliphatic heterocycles. The van der Waals surface area contributed by atoms with E-state index in [0.717, 1.165) is 0 Å². The Kier molecular flexibility index (Phi) is 6.77. The summed E-state index contributed by atoms with van der Waals surface area (Å²) in [6.45, 7) is 7.50. The van der Waals surface area contributed by atoms with Crippen LogP contribution in [0.3, 0.4) is 0 Å². The maximum Gasteiger partial charge on any atom is 0.310 e. The second-order valence-electron chi connectivity index (χ2n) is 9.79. The topological polar surface area (TPSA) is 107 Å². The Hall–Kier alpha value is -2.42. The van der Waals surface area contributed by atoms with Crippen LogP contribution in [0.25, 0.3) is 0 Å². The Morgan fingerprint density at radius 2 is 2.09 bits per heavy atom. The molecule has 3 heterocycles. The van der Waals surface area contributed by atoms with Crippen molar-refractivity contribution in [2.75, 3.05) is 18.1 Å². The highest BCUT2D eigenvalue weighted by Crippen LogP contribution is 2.59. The van der Waals surface area contributed by atoms with Gasteiger partial charge in [-0.15, -0.1) is 6.58 Å². The first-order valence-corrected chi connectivity index (χ1v) is 12.1. The molecule has 2 amide bonds. The first-order chi connectivity index (χ1) is 16.2. The molecule has 2 bridgehead atoms. The Balaban J connectivity index is 1.84. The second-order valence-corrected chi connectivity index (χ2v) is 10.2. The number of carboxylic acids is 1. The van der Waals surface area contributed by atoms with Crippen molar-refractivity contribution in [2.45, 2.75) is 56.9 Å². The Labute approximate surface area is 204 Å². The fourth-order valence-electron chi connectivity index (χ4n) is 6.12. The average Bonchev–Trinajstić information content (AvgIpc) is 3.43. The predicted octanol–water partition coefficient (Wildman–Crippen LogP) is 2.73. The van der Waals surface area contributed by atoms with Crippen molar-refractivity contribution in [1.29, 1.82) is 0 Å². The van der Waals surface area contributed by atoms with E-state index in [9.17, 15) is 24.6 Å². The number of hydrogen-bond acceptors (Lipinski definition) is 5. The molecule has 8 nitrogen and oxygen atoms in total. The van der Waals surface area contributed by atoms with E-state index in [1.807, 2.05) is 13.8 Å². The molecule has 2 N–H and O–H groups in total. The van der Waals surface area contributed by atoms with E-state index in [0.29, 0.717) is 30.0 Å². The normalized spacial score (nSPS) is 30.5. The van der Waals surface area contributed by atoms with Crippen molar-refractivity contribution in [3.05, 3.63) is 41.9 Å². The lowest BCUT2D eigenvalue weighted by Crippen LogP contribution is -2.59. The summed E-state index contributed by atoms with van der Waals surface area (Å²) in [6.07, 6.45) is 2.27. The highest BCUT2D eigenvalue weighted by Gasteiger charge is 2.75. The van der Waals surface area contributed by atoms with E-state index >= 15 is 0 Å². The van der Waals surface area contributed by atoms with Crippen LogP contribution in [-0.4, -0.2) is 69.8 Å². The van der Waals surface area contributed by atoms with Gasteiger partial charge in [-0.2, -0.15) is 0 Å². The number of aliphatic carboxylic acids is 1. The minimum atomic E-state index is -1.26. The van der Waals surface area contributed by atoms with Crippen LogP contribution in [0.4, 0.5) is 5.69 Å². The average molecular weight is 491 g/mol. The van der Waals surface area contributed by atoms with E-state index in [-0.39, 0.29) is 19.1 Å². The van der Waals surface area contributed by atoms with Gasteiger partial charge in [0.15, 0.2) is 0 Å². The smallest absolute Gasteiger partial charge is 0.310 e. The SMILES string of the molecule is C=CCN(C(=O)C1N([C@@H](CO)CC(C)C)C(=O)[C@@H]2[C@H](C(=O)O)[C@@H]3CCC12O3)c1ccccc1Cl. The molecule has 9 heteroatoms. The molecule has 3 aliphatic rings. The second kappa shape index (κ2) is 9.32. The predicted molar refractivity (Wildman–Crippen MR) is 126 cm³/mol. The number of rotatable bonds is 9. The number of halogens is 1. The lowest BCUT2D eigenvalue weighted by Gasteiger charge is -2.39. The number of benzene rings is 1. The summed E-state index contributed by atoms with van der Waals surface area (Å²) in [5.74, 6) is -3.82. The zero-order valence-electron chi connectivity index (χ0n) is 19.4. The van der Waals surface area contributed by atoms with Crippen molar-refractivity contribution in [2.24, 2.45) is 17.8 Å². The van der Waals surface area contributed by atoms with E-state index in [2.05, 4.69) is 6.58 Å². The zero-order chi connectivity index (χ0) is 24.8. The van der Waals surface area contributed by atoms with Gasteiger partial charge in [-0.25, -0.2) is 0 Å². The Bertz CT molecular complexity index is 999. The van der Waals surface area contributed by atoms with Gasteiger partial charge in [0.25, 0.3) is 5.91 Å². The van der Waals surface area contributed by atoms with Crippen molar-refractivity contribution in [3.8, 4) is 0 Å². The van der Waals surface area contributed by atoms with Crippen LogP contribution in [0.1, 0.15) is 33.1 Å². The van der Waals surface area contributed by atoms with Crippen LogP contribution >= 0.6 is 11.6 Å². The lowest BCUT2D eigenvalue weighted by molar-refractivity contribution is -0.151. The Morgan fingerprint density at radius 1 is 1.38 bits per heavy atom. The molecule has 184 valence electrons. The van der Waals surface area contributed by atoms with Gasteiger partial charge in [-0.1, -0.05) is 43.7 Å². The molecular formula is C25H31ClN2O6. The number of hydrogen-bond donors (Lipinski definition) is 2. The number of carboxylic acid groups (broad SMARTS) is 1. The third kappa shape index (κ3) is 3.72. The first-order valence-electron chi connectivity index (χ1n) is 11.7. The number of aliphatic hydroxyl groups is 1. The van der Waals surface area contributed by atoms with Crippen molar-refractivity contribution in [1.82, 2.24) is 4.90 Å². The molecule has 34 heavy (non-hydrogen) atoms. The minimum absolute atomic E-state index is 0.138. The molecule has 0 radical (unpaired) electrons. The number of fused-ring (bicyclic) bond motifs is 1. The number of amides is 2. The molecule has 3 fully saturated rings. The number of ether oxygens (including phenoxy) is 1. The molecule has 0 saturated carbocycles. The molecule has 3 saturated heterocycles. The molecule has 6 atom stereocenters. The van der Waals surface area contributed by atoms with Gasteiger partial charge in [-0.3, -0.25) is 14.4 Å². The third-order valence-electron chi connectivity index (χ3n) is 7.33. The molecule has 0 aromatic heterocycles.